The molecule has 3 aromatic rings. The van der Waals surface area contributed by atoms with Gasteiger partial charge in [0.05, 0.1) is 12.8 Å². The van der Waals surface area contributed by atoms with Gasteiger partial charge in [0.2, 0.25) is 0 Å². The van der Waals surface area contributed by atoms with Crippen molar-refractivity contribution in [2.24, 2.45) is 0 Å². The third-order valence-corrected chi connectivity index (χ3v) is 4.17. The lowest BCUT2D eigenvalue weighted by Gasteiger charge is -2.11. The molecule has 0 radical (unpaired) electrons. The van der Waals surface area contributed by atoms with Crippen LogP contribution in [0.5, 0.6) is 5.75 Å². The average Bonchev–Trinajstić information content (AvgIpc) is 2.70. The molecule has 0 aliphatic heterocycles. The van der Waals surface area contributed by atoms with Crippen molar-refractivity contribution in [3.8, 4) is 5.75 Å². The minimum atomic E-state index is -0.481. The van der Waals surface area contributed by atoms with E-state index < -0.39 is 11.8 Å². The largest absolute Gasteiger partial charge is 0.495 e. The Labute approximate surface area is 167 Å². The minimum Gasteiger partial charge on any atom is -0.495 e. The molecule has 0 aliphatic rings. The number of carbonyl (C=O) groups excluding carboxylic acids is 2. The number of benzene rings is 2. The van der Waals surface area contributed by atoms with E-state index in [2.05, 4.69) is 15.6 Å². The highest BCUT2D eigenvalue weighted by Gasteiger charge is 2.15. The number of pyridine rings is 1. The zero-order valence-corrected chi connectivity index (χ0v) is 16.1. The Hall–Kier alpha value is -3.38. The Kier molecular flexibility index (Phi) is 5.91. The molecule has 0 saturated carbocycles. The van der Waals surface area contributed by atoms with E-state index >= 15 is 0 Å². The predicted octanol–water partition coefficient (Wildman–Crippen LogP) is 4.56. The lowest BCUT2D eigenvalue weighted by atomic mass is 10.2. The van der Waals surface area contributed by atoms with E-state index in [0.29, 0.717) is 22.1 Å². The smallest absolute Gasteiger partial charge is 0.274 e. The Bertz CT molecular complexity index is 1020. The summed E-state index contributed by atoms with van der Waals surface area (Å²) in [5, 5.41) is 5.91. The van der Waals surface area contributed by atoms with Crippen LogP contribution in [0.25, 0.3) is 0 Å². The first-order valence-electron chi connectivity index (χ1n) is 8.46. The van der Waals surface area contributed by atoms with Crippen molar-refractivity contribution in [3.63, 3.8) is 0 Å². The number of rotatable bonds is 5. The maximum absolute atomic E-state index is 12.6. The van der Waals surface area contributed by atoms with Crippen molar-refractivity contribution in [2.75, 3.05) is 17.7 Å². The first-order valence-corrected chi connectivity index (χ1v) is 8.84. The molecule has 1 aromatic heterocycles. The molecule has 7 heteroatoms. The number of amides is 2. The average molecular weight is 396 g/mol. The number of hydrogen-bond acceptors (Lipinski definition) is 4. The topological polar surface area (TPSA) is 80.3 Å². The van der Waals surface area contributed by atoms with Gasteiger partial charge in [-0.25, -0.2) is 4.98 Å². The van der Waals surface area contributed by atoms with Crippen LogP contribution in [0.3, 0.4) is 0 Å². The first-order chi connectivity index (χ1) is 13.5. The van der Waals surface area contributed by atoms with Crippen LogP contribution in [0, 0.1) is 6.92 Å². The fourth-order valence-electron chi connectivity index (χ4n) is 2.48. The highest BCUT2D eigenvalue weighted by Crippen LogP contribution is 2.28. The fourth-order valence-corrected chi connectivity index (χ4v) is 2.66. The monoisotopic (exact) mass is 395 g/mol. The van der Waals surface area contributed by atoms with Crippen LogP contribution in [-0.4, -0.2) is 23.9 Å². The van der Waals surface area contributed by atoms with E-state index in [-0.39, 0.29) is 11.4 Å². The highest BCUT2D eigenvalue weighted by molar-refractivity contribution is 6.31. The number of aromatic nitrogens is 1. The van der Waals surface area contributed by atoms with Crippen molar-refractivity contribution >= 4 is 34.8 Å². The molecule has 28 heavy (non-hydrogen) atoms. The quantitative estimate of drug-likeness (QED) is 0.663. The number of anilines is 2. The number of halogens is 1. The number of aryl methyl sites for hydroxylation is 1. The van der Waals surface area contributed by atoms with Crippen LogP contribution >= 0.6 is 11.6 Å². The van der Waals surface area contributed by atoms with Crippen molar-refractivity contribution < 1.29 is 14.3 Å². The van der Waals surface area contributed by atoms with E-state index in [0.717, 1.165) is 5.56 Å². The number of hydrogen-bond donors (Lipinski definition) is 2. The van der Waals surface area contributed by atoms with Gasteiger partial charge in [0, 0.05) is 10.7 Å². The molecule has 1 heterocycles. The van der Waals surface area contributed by atoms with Gasteiger partial charge in [0.1, 0.15) is 17.1 Å². The number of nitrogens with zero attached hydrogens (tertiary/aromatic N) is 1. The summed E-state index contributed by atoms with van der Waals surface area (Å²) < 4.78 is 5.22. The first kappa shape index (κ1) is 19.4. The molecule has 6 nitrogen and oxygen atoms in total. The molecule has 2 aromatic carbocycles. The molecular formula is C21H18ClN3O3. The molecule has 142 valence electrons. The lowest BCUT2D eigenvalue weighted by Crippen LogP contribution is -2.18. The third kappa shape index (κ3) is 4.66. The molecule has 0 bridgehead atoms. The summed E-state index contributed by atoms with van der Waals surface area (Å²) in [4.78, 5) is 29.2. The summed E-state index contributed by atoms with van der Waals surface area (Å²) in [6.45, 7) is 1.96. The van der Waals surface area contributed by atoms with Crippen molar-refractivity contribution in [1.82, 2.24) is 4.98 Å². The fraction of sp³-hybridized carbons (Fsp3) is 0.0952. The second-order valence-corrected chi connectivity index (χ2v) is 6.46. The maximum Gasteiger partial charge on any atom is 0.274 e. The van der Waals surface area contributed by atoms with Crippen molar-refractivity contribution in [2.45, 2.75) is 6.92 Å². The van der Waals surface area contributed by atoms with E-state index in [1.807, 2.05) is 19.1 Å². The normalized spacial score (nSPS) is 10.2. The van der Waals surface area contributed by atoms with Gasteiger partial charge < -0.3 is 15.4 Å². The molecule has 0 saturated heterocycles. The molecule has 0 spiro atoms. The second-order valence-electron chi connectivity index (χ2n) is 6.03. The maximum atomic E-state index is 12.6. The van der Waals surface area contributed by atoms with Crippen molar-refractivity contribution in [3.05, 3.63) is 82.6 Å². The van der Waals surface area contributed by atoms with Crippen LogP contribution < -0.4 is 15.4 Å². The number of ether oxygens (including phenoxy) is 1. The SMILES string of the molecule is COc1ccc(Cl)cc1NC(=O)c1cccc(C(=O)Nc2ccc(C)cc2)n1. The van der Waals surface area contributed by atoms with Crippen LogP contribution in [-0.2, 0) is 0 Å². The molecule has 3 rings (SSSR count). The van der Waals surface area contributed by atoms with Crippen LogP contribution in [0.15, 0.2) is 60.7 Å². The zero-order chi connectivity index (χ0) is 20.1. The van der Waals surface area contributed by atoms with Gasteiger partial charge in [-0.3, -0.25) is 9.59 Å². The molecule has 0 unspecified atom stereocenters. The molecule has 0 atom stereocenters. The molecule has 0 fully saturated rings. The van der Waals surface area contributed by atoms with E-state index in [1.165, 1.54) is 13.2 Å². The van der Waals surface area contributed by atoms with Gasteiger partial charge in [0.15, 0.2) is 0 Å². The third-order valence-electron chi connectivity index (χ3n) is 3.93. The molecule has 0 aliphatic carbocycles. The molecular weight excluding hydrogens is 378 g/mol. The summed E-state index contributed by atoms with van der Waals surface area (Å²) in [5.74, 6) is -0.421. The molecule has 2 amide bonds. The van der Waals surface area contributed by atoms with E-state index in [1.54, 1.807) is 42.5 Å². The summed E-state index contributed by atoms with van der Waals surface area (Å²) >= 11 is 5.98. The number of nitrogens with one attached hydrogen (secondary N) is 2. The Morgan fingerprint density at radius 1 is 0.929 bits per heavy atom. The number of methoxy groups -OCH3 is 1. The highest BCUT2D eigenvalue weighted by atomic mass is 35.5. The Balaban J connectivity index is 1.77. The summed E-state index contributed by atoms with van der Waals surface area (Å²) in [6, 6.07) is 16.9. The van der Waals surface area contributed by atoms with Gasteiger partial charge in [-0.1, -0.05) is 35.4 Å². The summed E-state index contributed by atoms with van der Waals surface area (Å²) in [7, 11) is 1.49. The zero-order valence-electron chi connectivity index (χ0n) is 15.3. The standard InChI is InChI=1S/C21H18ClN3O3/c1-13-6-9-15(10-7-13)23-20(26)16-4-3-5-17(24-16)21(27)25-18-12-14(22)8-11-19(18)28-2/h3-12H,1-2H3,(H,23,26)(H,25,27). The second kappa shape index (κ2) is 8.54. The van der Waals surface area contributed by atoms with Crippen LogP contribution in [0.2, 0.25) is 5.02 Å². The molecule has 2 N–H and O–H groups in total. The summed E-state index contributed by atoms with van der Waals surface area (Å²) in [6.07, 6.45) is 0. The number of carbonyl (C=O) groups is 2. The van der Waals surface area contributed by atoms with Crippen molar-refractivity contribution in [1.29, 1.82) is 0 Å². The van der Waals surface area contributed by atoms with E-state index in [4.69, 9.17) is 16.3 Å². The van der Waals surface area contributed by atoms with Crippen LogP contribution in [0.1, 0.15) is 26.5 Å². The van der Waals surface area contributed by atoms with Crippen LogP contribution in [0.4, 0.5) is 11.4 Å². The predicted molar refractivity (Wildman–Crippen MR) is 109 cm³/mol. The Morgan fingerprint density at radius 2 is 1.57 bits per heavy atom. The van der Waals surface area contributed by atoms with Gasteiger partial charge in [-0.15, -0.1) is 0 Å². The van der Waals surface area contributed by atoms with Gasteiger partial charge >= 0.3 is 0 Å². The lowest BCUT2D eigenvalue weighted by molar-refractivity contribution is 0.101. The minimum absolute atomic E-state index is 0.0959. The van der Waals surface area contributed by atoms with Gasteiger partial charge in [-0.05, 0) is 49.4 Å². The van der Waals surface area contributed by atoms with Gasteiger partial charge in [0.25, 0.3) is 11.8 Å². The van der Waals surface area contributed by atoms with Gasteiger partial charge in [-0.2, -0.15) is 0 Å². The van der Waals surface area contributed by atoms with E-state index in [9.17, 15) is 9.59 Å². The Morgan fingerprint density at radius 3 is 2.21 bits per heavy atom. The summed E-state index contributed by atoms with van der Waals surface area (Å²) in [5.41, 5.74) is 2.38.